The van der Waals surface area contributed by atoms with E-state index < -0.39 is 0 Å². The number of likely N-dealkylation sites (N-methyl/N-ethyl adjacent to an activating group) is 1. The summed E-state index contributed by atoms with van der Waals surface area (Å²) in [6.45, 7) is 2.13. The van der Waals surface area contributed by atoms with Gasteiger partial charge in [-0.05, 0) is 18.4 Å². The third-order valence-corrected chi connectivity index (χ3v) is 3.34. The highest BCUT2D eigenvalue weighted by Crippen LogP contribution is 2.28. The first kappa shape index (κ1) is 11.0. The van der Waals surface area contributed by atoms with Crippen LogP contribution in [-0.4, -0.2) is 23.3 Å². The molecule has 1 heterocycles. The minimum absolute atomic E-state index is 0.140. The number of rotatable bonds is 1. The van der Waals surface area contributed by atoms with Crippen LogP contribution < -0.4 is 0 Å². The summed E-state index contributed by atoms with van der Waals surface area (Å²) < 4.78 is -0.197. The van der Waals surface area contributed by atoms with Crippen molar-refractivity contribution in [1.82, 2.24) is 0 Å². The number of carbonyl (C=O) groups excluding carboxylic acids is 2. The molecule has 0 N–H and O–H groups in total. The Labute approximate surface area is 95.3 Å². The lowest BCUT2D eigenvalue weighted by atomic mass is 10.1. The van der Waals surface area contributed by atoms with Crippen molar-refractivity contribution in [2.75, 3.05) is 7.05 Å². The molecule has 0 bridgehead atoms. The van der Waals surface area contributed by atoms with Gasteiger partial charge in [0.1, 0.15) is 5.70 Å². The van der Waals surface area contributed by atoms with Crippen molar-refractivity contribution in [3.63, 3.8) is 0 Å². The average molecular weight is 218 g/mol. The van der Waals surface area contributed by atoms with Crippen molar-refractivity contribution >= 4 is 11.8 Å². The molecule has 0 aromatic rings. The molecule has 2 amide bonds. The fourth-order valence-electron chi connectivity index (χ4n) is 2.10. The second-order valence-electron chi connectivity index (χ2n) is 4.56. The van der Waals surface area contributed by atoms with Crippen molar-refractivity contribution in [3.05, 3.63) is 36.1 Å². The molecule has 0 fully saturated rings. The Morgan fingerprint density at radius 1 is 1.25 bits per heavy atom. The van der Waals surface area contributed by atoms with Gasteiger partial charge in [0, 0.05) is 6.42 Å². The smallest absolute Gasteiger partial charge is 0.225 e. The Kier molecular flexibility index (Phi) is 2.64. The average Bonchev–Trinajstić information content (AvgIpc) is 2.48. The Balaban J connectivity index is 2.34. The molecule has 2 rings (SSSR count). The summed E-state index contributed by atoms with van der Waals surface area (Å²) in [5.41, 5.74) is 0.889. The van der Waals surface area contributed by atoms with Crippen LogP contribution in [0.15, 0.2) is 36.1 Å². The molecule has 1 aliphatic heterocycles. The molecule has 0 spiro atoms. The fraction of sp³-hybridized carbons (Fsp3) is 0.385. The second-order valence-corrected chi connectivity index (χ2v) is 4.56. The van der Waals surface area contributed by atoms with E-state index in [1.807, 2.05) is 12.2 Å². The zero-order valence-electron chi connectivity index (χ0n) is 9.64. The van der Waals surface area contributed by atoms with Crippen molar-refractivity contribution in [3.8, 4) is 0 Å². The SMILES string of the molecule is CC1C=CCC([N+]2(C)C(=O)C=CC2=O)=CC1. The highest BCUT2D eigenvalue weighted by molar-refractivity contribution is 6.04. The summed E-state index contributed by atoms with van der Waals surface area (Å²) in [6, 6.07) is 0. The van der Waals surface area contributed by atoms with E-state index in [0.29, 0.717) is 12.3 Å². The molecule has 0 aromatic heterocycles. The first-order valence-corrected chi connectivity index (χ1v) is 5.55. The topological polar surface area (TPSA) is 34.1 Å². The third-order valence-electron chi connectivity index (χ3n) is 3.34. The van der Waals surface area contributed by atoms with E-state index in [2.05, 4.69) is 13.0 Å². The number of allylic oxidation sites excluding steroid dienone is 3. The maximum absolute atomic E-state index is 11.8. The van der Waals surface area contributed by atoms with E-state index in [4.69, 9.17) is 0 Å². The first-order valence-electron chi connectivity index (χ1n) is 5.55. The number of hydrogen-bond donors (Lipinski definition) is 0. The van der Waals surface area contributed by atoms with Crippen molar-refractivity contribution in [1.29, 1.82) is 0 Å². The Morgan fingerprint density at radius 3 is 2.50 bits per heavy atom. The van der Waals surface area contributed by atoms with Crippen LogP contribution in [0, 0.1) is 5.92 Å². The van der Waals surface area contributed by atoms with Gasteiger partial charge in [-0.2, -0.15) is 4.48 Å². The van der Waals surface area contributed by atoms with Gasteiger partial charge in [0.25, 0.3) is 0 Å². The maximum atomic E-state index is 11.8. The molecule has 3 nitrogen and oxygen atoms in total. The standard InChI is InChI=1S/C13H16NO2/c1-10-4-3-5-11(7-6-10)14(2)12(15)8-9-13(14)16/h3-4,7-10H,5-6H2,1-2H3/q+1. The number of quaternary nitrogens is 1. The van der Waals surface area contributed by atoms with Crippen molar-refractivity contribution < 1.29 is 14.1 Å². The van der Waals surface area contributed by atoms with Crippen molar-refractivity contribution in [2.24, 2.45) is 5.92 Å². The molecule has 0 saturated carbocycles. The lowest BCUT2D eigenvalue weighted by Gasteiger charge is -2.24. The molecule has 0 aromatic carbocycles. The second kappa shape index (κ2) is 3.83. The lowest BCUT2D eigenvalue weighted by molar-refractivity contribution is -0.709. The summed E-state index contributed by atoms with van der Waals surface area (Å²) in [5, 5.41) is 0. The maximum Gasteiger partial charge on any atom is 0.351 e. The molecular weight excluding hydrogens is 202 g/mol. The van der Waals surface area contributed by atoms with Gasteiger partial charge < -0.3 is 0 Å². The predicted octanol–water partition coefficient (Wildman–Crippen LogP) is 1.93. The quantitative estimate of drug-likeness (QED) is 0.383. The molecule has 2 aliphatic rings. The molecule has 84 valence electrons. The summed E-state index contributed by atoms with van der Waals surface area (Å²) in [7, 11) is 1.68. The number of carbonyl (C=O) groups is 2. The minimum atomic E-state index is -0.197. The molecular formula is C13H16NO2+. The number of hydrogen-bond acceptors (Lipinski definition) is 2. The van der Waals surface area contributed by atoms with Gasteiger partial charge in [-0.1, -0.05) is 19.1 Å². The van der Waals surface area contributed by atoms with Gasteiger partial charge in [-0.15, -0.1) is 0 Å². The highest BCUT2D eigenvalue weighted by atomic mass is 16.2. The lowest BCUT2D eigenvalue weighted by Crippen LogP contribution is -2.48. The molecule has 0 saturated heterocycles. The summed E-state index contributed by atoms with van der Waals surface area (Å²) in [5.74, 6) is 0.197. The summed E-state index contributed by atoms with van der Waals surface area (Å²) in [6.07, 6.45) is 10.5. The molecule has 1 unspecified atom stereocenters. The molecule has 1 aliphatic carbocycles. The number of nitrogens with zero attached hydrogens (tertiary/aromatic N) is 1. The van der Waals surface area contributed by atoms with E-state index in [0.717, 1.165) is 12.1 Å². The van der Waals surface area contributed by atoms with Gasteiger partial charge in [-0.3, -0.25) is 0 Å². The normalized spacial score (nSPS) is 28.1. The number of amides is 2. The van der Waals surface area contributed by atoms with Gasteiger partial charge in [0.05, 0.1) is 19.2 Å². The van der Waals surface area contributed by atoms with Crippen LogP contribution in [0.5, 0.6) is 0 Å². The van der Waals surface area contributed by atoms with Crippen LogP contribution in [0.2, 0.25) is 0 Å². The third kappa shape index (κ3) is 1.57. The zero-order valence-corrected chi connectivity index (χ0v) is 9.64. The highest BCUT2D eigenvalue weighted by Gasteiger charge is 2.45. The Morgan fingerprint density at radius 2 is 1.88 bits per heavy atom. The van der Waals surface area contributed by atoms with Gasteiger partial charge in [-0.25, -0.2) is 9.59 Å². The van der Waals surface area contributed by atoms with Crippen LogP contribution in [0.1, 0.15) is 19.8 Å². The summed E-state index contributed by atoms with van der Waals surface area (Å²) >= 11 is 0. The monoisotopic (exact) mass is 218 g/mol. The van der Waals surface area contributed by atoms with Crippen molar-refractivity contribution in [2.45, 2.75) is 19.8 Å². The van der Waals surface area contributed by atoms with E-state index in [1.54, 1.807) is 7.05 Å². The van der Waals surface area contributed by atoms with Gasteiger partial charge in [0.2, 0.25) is 0 Å². The molecule has 3 heteroatoms. The first-order chi connectivity index (χ1) is 7.55. The van der Waals surface area contributed by atoms with Crippen LogP contribution in [0.3, 0.4) is 0 Å². The molecule has 0 radical (unpaired) electrons. The predicted molar refractivity (Wildman–Crippen MR) is 61.0 cm³/mol. The van der Waals surface area contributed by atoms with E-state index in [-0.39, 0.29) is 16.3 Å². The minimum Gasteiger partial charge on any atom is -0.225 e. The van der Waals surface area contributed by atoms with Gasteiger partial charge in [0.15, 0.2) is 0 Å². The Hall–Kier alpha value is -1.48. The van der Waals surface area contributed by atoms with E-state index in [1.165, 1.54) is 12.2 Å². The van der Waals surface area contributed by atoms with Crippen LogP contribution in [0.4, 0.5) is 0 Å². The van der Waals surface area contributed by atoms with E-state index in [9.17, 15) is 9.59 Å². The largest absolute Gasteiger partial charge is 0.351 e. The zero-order chi connectivity index (χ0) is 11.8. The fourth-order valence-corrected chi connectivity index (χ4v) is 2.10. The van der Waals surface area contributed by atoms with Gasteiger partial charge >= 0.3 is 11.8 Å². The molecule has 1 atom stereocenters. The van der Waals surface area contributed by atoms with Crippen LogP contribution >= 0.6 is 0 Å². The summed E-state index contributed by atoms with van der Waals surface area (Å²) in [4.78, 5) is 23.6. The molecule has 16 heavy (non-hydrogen) atoms. The van der Waals surface area contributed by atoms with Crippen LogP contribution in [0.25, 0.3) is 0 Å². The van der Waals surface area contributed by atoms with E-state index >= 15 is 0 Å². The van der Waals surface area contributed by atoms with Crippen LogP contribution in [-0.2, 0) is 9.59 Å². The Bertz CT molecular complexity index is 411. The number of imide groups is 1.